The van der Waals surface area contributed by atoms with Crippen molar-refractivity contribution in [2.45, 2.75) is 20.0 Å². The molecule has 0 saturated carbocycles. The van der Waals surface area contributed by atoms with Gasteiger partial charge in [-0.05, 0) is 18.6 Å². The molecule has 0 unspecified atom stereocenters. The van der Waals surface area contributed by atoms with Gasteiger partial charge in [-0.3, -0.25) is 9.48 Å². The topological polar surface area (TPSA) is 64.7 Å². The molecular weight excluding hydrogens is 358 g/mol. The fourth-order valence-corrected chi connectivity index (χ4v) is 2.61. The van der Waals surface area contributed by atoms with E-state index in [1.165, 1.54) is 0 Å². The van der Waals surface area contributed by atoms with Crippen molar-refractivity contribution >= 4 is 27.7 Å². The Morgan fingerprint density at radius 1 is 1.26 bits per heavy atom. The molecular formula is C16H16BrN5O. The normalized spacial score (nSPS) is 10.7. The van der Waals surface area contributed by atoms with Crippen LogP contribution in [0, 0.1) is 0 Å². The maximum atomic E-state index is 12.3. The van der Waals surface area contributed by atoms with Crippen LogP contribution >= 0.6 is 15.9 Å². The lowest BCUT2D eigenvalue weighted by atomic mass is 10.2. The molecule has 1 N–H and O–H groups in total. The van der Waals surface area contributed by atoms with Crippen molar-refractivity contribution in [2.24, 2.45) is 0 Å². The third-order valence-corrected chi connectivity index (χ3v) is 4.23. The van der Waals surface area contributed by atoms with Crippen LogP contribution in [0.15, 0.2) is 53.4 Å². The van der Waals surface area contributed by atoms with Crippen LogP contribution in [-0.4, -0.2) is 25.5 Å². The van der Waals surface area contributed by atoms with E-state index < -0.39 is 0 Å². The van der Waals surface area contributed by atoms with E-state index in [1.54, 1.807) is 34.0 Å². The van der Waals surface area contributed by atoms with Gasteiger partial charge in [0.15, 0.2) is 0 Å². The van der Waals surface area contributed by atoms with Crippen LogP contribution in [0.4, 0.5) is 5.82 Å². The Morgan fingerprint density at radius 3 is 2.83 bits per heavy atom. The Morgan fingerprint density at radius 2 is 2.09 bits per heavy atom. The minimum Gasteiger partial charge on any atom is -0.307 e. The van der Waals surface area contributed by atoms with Crippen LogP contribution in [0.5, 0.6) is 0 Å². The van der Waals surface area contributed by atoms with Gasteiger partial charge in [0.2, 0.25) is 0 Å². The van der Waals surface area contributed by atoms with Gasteiger partial charge in [0.05, 0.1) is 24.5 Å². The molecule has 0 aliphatic heterocycles. The average Bonchev–Trinajstić information content (AvgIpc) is 3.19. The molecule has 7 heteroatoms. The fourth-order valence-electron chi connectivity index (χ4n) is 2.20. The highest BCUT2D eigenvalue weighted by molar-refractivity contribution is 9.10. The van der Waals surface area contributed by atoms with Gasteiger partial charge in [-0.2, -0.15) is 10.2 Å². The first-order valence-electron chi connectivity index (χ1n) is 7.26. The summed E-state index contributed by atoms with van der Waals surface area (Å²) in [5.74, 6) is 0.452. The van der Waals surface area contributed by atoms with Gasteiger partial charge in [-0.15, -0.1) is 0 Å². The standard InChI is InChI=1S/C16H16BrN5O/c1-2-21-10-13(9-19-21)16(23)20-15-7-8-18-22(15)11-12-5-3-4-6-14(12)17/h3-10H,2,11H2,1H3,(H,20,23). The lowest BCUT2D eigenvalue weighted by Crippen LogP contribution is -2.16. The fraction of sp³-hybridized carbons (Fsp3) is 0.188. The van der Waals surface area contributed by atoms with Crippen LogP contribution in [0.2, 0.25) is 0 Å². The summed E-state index contributed by atoms with van der Waals surface area (Å²) in [6.45, 7) is 3.27. The van der Waals surface area contributed by atoms with Crippen molar-refractivity contribution in [3.05, 3.63) is 64.5 Å². The summed E-state index contributed by atoms with van der Waals surface area (Å²) in [5, 5.41) is 11.3. The third kappa shape index (κ3) is 3.50. The van der Waals surface area contributed by atoms with Crippen molar-refractivity contribution in [3.8, 4) is 0 Å². The summed E-state index contributed by atoms with van der Waals surface area (Å²) in [7, 11) is 0. The zero-order valence-electron chi connectivity index (χ0n) is 12.6. The van der Waals surface area contributed by atoms with Gasteiger partial charge >= 0.3 is 0 Å². The SMILES string of the molecule is CCn1cc(C(=O)Nc2ccnn2Cc2ccccc2Br)cn1. The summed E-state index contributed by atoms with van der Waals surface area (Å²) in [6.07, 6.45) is 4.96. The zero-order valence-corrected chi connectivity index (χ0v) is 14.2. The third-order valence-electron chi connectivity index (χ3n) is 3.46. The summed E-state index contributed by atoms with van der Waals surface area (Å²) >= 11 is 3.53. The molecule has 1 amide bonds. The Balaban J connectivity index is 1.76. The number of carbonyl (C=O) groups is 1. The van der Waals surface area contributed by atoms with E-state index in [0.29, 0.717) is 17.9 Å². The van der Waals surface area contributed by atoms with E-state index in [4.69, 9.17) is 0 Å². The molecule has 118 valence electrons. The van der Waals surface area contributed by atoms with Crippen molar-refractivity contribution in [3.63, 3.8) is 0 Å². The minimum atomic E-state index is -0.196. The van der Waals surface area contributed by atoms with E-state index in [1.807, 2.05) is 31.2 Å². The Hall–Kier alpha value is -2.41. The van der Waals surface area contributed by atoms with Gasteiger partial charge in [0.1, 0.15) is 5.82 Å². The second-order valence-electron chi connectivity index (χ2n) is 5.00. The second-order valence-corrected chi connectivity index (χ2v) is 5.86. The molecule has 0 bridgehead atoms. The predicted octanol–water partition coefficient (Wildman–Crippen LogP) is 3.16. The molecule has 3 aromatic rings. The van der Waals surface area contributed by atoms with Gasteiger partial charge in [0.25, 0.3) is 5.91 Å². The molecule has 0 saturated heterocycles. The van der Waals surface area contributed by atoms with Gasteiger partial charge in [-0.1, -0.05) is 34.1 Å². The lowest BCUT2D eigenvalue weighted by molar-refractivity contribution is 0.102. The Bertz CT molecular complexity index is 823. The van der Waals surface area contributed by atoms with Crippen molar-refractivity contribution in [2.75, 3.05) is 5.32 Å². The predicted molar refractivity (Wildman–Crippen MR) is 91.3 cm³/mol. The maximum Gasteiger partial charge on any atom is 0.259 e. The van der Waals surface area contributed by atoms with E-state index >= 15 is 0 Å². The van der Waals surface area contributed by atoms with Gasteiger partial charge in [-0.25, -0.2) is 4.68 Å². The molecule has 1 aromatic carbocycles. The molecule has 0 fully saturated rings. The van der Waals surface area contributed by atoms with Crippen LogP contribution in [0.3, 0.4) is 0 Å². The summed E-state index contributed by atoms with van der Waals surface area (Å²) in [6, 6.07) is 9.71. The summed E-state index contributed by atoms with van der Waals surface area (Å²) in [4.78, 5) is 12.3. The molecule has 2 aromatic heterocycles. The highest BCUT2D eigenvalue weighted by Crippen LogP contribution is 2.19. The number of benzene rings is 1. The Kier molecular flexibility index (Phi) is 4.57. The van der Waals surface area contributed by atoms with E-state index in [0.717, 1.165) is 16.6 Å². The summed E-state index contributed by atoms with van der Waals surface area (Å²) < 4.78 is 4.48. The number of halogens is 1. The molecule has 0 spiro atoms. The molecule has 23 heavy (non-hydrogen) atoms. The molecule has 3 rings (SSSR count). The Labute approximate surface area is 142 Å². The number of aromatic nitrogens is 4. The second kappa shape index (κ2) is 6.78. The smallest absolute Gasteiger partial charge is 0.259 e. The quantitative estimate of drug-likeness (QED) is 0.746. The number of hydrogen-bond donors (Lipinski definition) is 1. The lowest BCUT2D eigenvalue weighted by Gasteiger charge is -2.09. The van der Waals surface area contributed by atoms with Crippen molar-refractivity contribution < 1.29 is 4.79 Å². The van der Waals surface area contributed by atoms with Crippen molar-refractivity contribution in [1.29, 1.82) is 0 Å². The van der Waals surface area contributed by atoms with E-state index in [-0.39, 0.29) is 5.91 Å². The molecule has 0 atom stereocenters. The number of rotatable bonds is 5. The number of amides is 1. The maximum absolute atomic E-state index is 12.3. The van der Waals surface area contributed by atoms with Gasteiger partial charge < -0.3 is 5.32 Å². The molecule has 0 aliphatic carbocycles. The molecule has 6 nitrogen and oxygen atoms in total. The molecule has 0 radical (unpaired) electrons. The summed E-state index contributed by atoms with van der Waals surface area (Å²) in [5.41, 5.74) is 1.62. The van der Waals surface area contributed by atoms with E-state index in [2.05, 4.69) is 31.4 Å². The average molecular weight is 374 g/mol. The number of anilines is 1. The monoisotopic (exact) mass is 373 g/mol. The highest BCUT2D eigenvalue weighted by Gasteiger charge is 2.12. The molecule has 0 aliphatic rings. The number of nitrogens with one attached hydrogen (secondary N) is 1. The first-order valence-corrected chi connectivity index (χ1v) is 8.05. The number of carbonyl (C=O) groups excluding carboxylic acids is 1. The van der Waals surface area contributed by atoms with Crippen LogP contribution in [0.1, 0.15) is 22.8 Å². The number of nitrogens with zero attached hydrogens (tertiary/aromatic N) is 4. The van der Waals surface area contributed by atoms with Crippen LogP contribution in [-0.2, 0) is 13.1 Å². The van der Waals surface area contributed by atoms with E-state index in [9.17, 15) is 4.79 Å². The molecule has 2 heterocycles. The zero-order chi connectivity index (χ0) is 16.2. The minimum absolute atomic E-state index is 0.196. The number of aryl methyl sites for hydroxylation is 1. The number of hydrogen-bond acceptors (Lipinski definition) is 3. The van der Waals surface area contributed by atoms with Gasteiger partial charge in [0, 0.05) is 23.3 Å². The largest absolute Gasteiger partial charge is 0.307 e. The highest BCUT2D eigenvalue weighted by atomic mass is 79.9. The van der Waals surface area contributed by atoms with Crippen LogP contribution in [0.25, 0.3) is 0 Å². The first kappa shape index (κ1) is 15.5. The van der Waals surface area contributed by atoms with Crippen LogP contribution < -0.4 is 5.32 Å². The first-order chi connectivity index (χ1) is 11.2. The van der Waals surface area contributed by atoms with Crippen molar-refractivity contribution in [1.82, 2.24) is 19.6 Å².